The van der Waals surface area contributed by atoms with Crippen LogP contribution in [0.2, 0.25) is 0 Å². The summed E-state index contributed by atoms with van der Waals surface area (Å²) in [7, 11) is 0. The van der Waals surface area contributed by atoms with E-state index in [1.165, 1.54) is 6.33 Å². The maximum Gasteiger partial charge on any atom is 0.169 e. The lowest BCUT2D eigenvalue weighted by atomic mass is 10.1. The number of carbonyl (C=O) groups is 1. The average molecular weight is 251 g/mol. The van der Waals surface area contributed by atoms with Crippen LogP contribution < -0.4 is 0 Å². The summed E-state index contributed by atoms with van der Waals surface area (Å²) in [6.45, 7) is 6.58. The third kappa shape index (κ3) is 2.96. The summed E-state index contributed by atoms with van der Waals surface area (Å²) in [5, 5.41) is 4.15. The maximum atomic E-state index is 12.3. The third-order valence-electron chi connectivity index (χ3n) is 3.18. The molecule has 1 aromatic rings. The van der Waals surface area contributed by atoms with E-state index in [1.54, 1.807) is 4.68 Å². The lowest BCUT2D eigenvalue weighted by Crippen LogP contribution is -2.29. The van der Waals surface area contributed by atoms with Gasteiger partial charge in [-0.15, -0.1) is 0 Å². The summed E-state index contributed by atoms with van der Waals surface area (Å²) in [5.41, 5.74) is 0. The van der Waals surface area contributed by atoms with Gasteiger partial charge in [-0.1, -0.05) is 0 Å². The summed E-state index contributed by atoms with van der Waals surface area (Å²) in [4.78, 5) is 16.4. The summed E-state index contributed by atoms with van der Waals surface area (Å²) in [6.07, 6.45) is 3.79. The Kier molecular flexibility index (Phi) is 4.11. The van der Waals surface area contributed by atoms with E-state index in [-0.39, 0.29) is 17.9 Å². The number of hydrogen-bond acceptors (Lipinski definition) is 4. The summed E-state index contributed by atoms with van der Waals surface area (Å²) < 4.78 is 7.37. The number of carbonyl (C=O) groups excluding carboxylic acids is 1. The second-order valence-electron chi connectivity index (χ2n) is 5.07. The molecule has 1 saturated carbocycles. The molecule has 0 aromatic carbocycles. The predicted molar refractivity (Wildman–Crippen MR) is 67.3 cm³/mol. The van der Waals surface area contributed by atoms with Crippen molar-refractivity contribution in [2.24, 2.45) is 5.92 Å². The van der Waals surface area contributed by atoms with Crippen LogP contribution >= 0.6 is 0 Å². The van der Waals surface area contributed by atoms with Gasteiger partial charge in [0.25, 0.3) is 0 Å². The zero-order chi connectivity index (χ0) is 13.1. The van der Waals surface area contributed by atoms with E-state index in [0.29, 0.717) is 18.9 Å². The molecule has 2 rings (SSSR count). The summed E-state index contributed by atoms with van der Waals surface area (Å²) in [6, 6.07) is 0.224. The second-order valence-corrected chi connectivity index (χ2v) is 5.07. The maximum absolute atomic E-state index is 12.3. The number of aromatic nitrogens is 3. The second kappa shape index (κ2) is 5.61. The standard InChI is InChI=1S/C13H21N3O2/c1-4-18-13(10-5-6-10)11(17)7-12-14-8-15-16(12)9(2)3/h8-10,13H,4-7H2,1-3H3. The molecule has 1 aliphatic carbocycles. The number of nitrogens with zero attached hydrogens (tertiary/aromatic N) is 3. The van der Waals surface area contributed by atoms with E-state index in [2.05, 4.69) is 10.1 Å². The highest BCUT2D eigenvalue weighted by molar-refractivity contribution is 5.85. The predicted octanol–water partition coefficient (Wildman–Crippen LogP) is 1.79. The zero-order valence-corrected chi connectivity index (χ0v) is 11.3. The molecular formula is C13H21N3O2. The van der Waals surface area contributed by atoms with E-state index < -0.39 is 0 Å². The highest BCUT2D eigenvalue weighted by Crippen LogP contribution is 2.35. The van der Waals surface area contributed by atoms with E-state index in [1.807, 2.05) is 20.8 Å². The van der Waals surface area contributed by atoms with Crippen LogP contribution in [0, 0.1) is 5.92 Å². The molecule has 0 bridgehead atoms. The molecule has 0 saturated heterocycles. The van der Waals surface area contributed by atoms with Crippen molar-refractivity contribution in [3.8, 4) is 0 Å². The quantitative estimate of drug-likeness (QED) is 0.741. The number of ketones is 1. The minimum absolute atomic E-state index is 0.134. The third-order valence-corrected chi connectivity index (χ3v) is 3.18. The van der Waals surface area contributed by atoms with Gasteiger partial charge in [0.2, 0.25) is 0 Å². The minimum Gasteiger partial charge on any atom is -0.370 e. The fourth-order valence-corrected chi connectivity index (χ4v) is 2.16. The van der Waals surface area contributed by atoms with Gasteiger partial charge in [-0.05, 0) is 39.5 Å². The first-order chi connectivity index (χ1) is 8.63. The number of rotatable bonds is 7. The van der Waals surface area contributed by atoms with Crippen molar-refractivity contribution < 1.29 is 9.53 Å². The molecule has 0 radical (unpaired) electrons. The molecule has 1 aliphatic rings. The molecule has 0 N–H and O–H groups in total. The first-order valence-corrected chi connectivity index (χ1v) is 6.66. The van der Waals surface area contributed by atoms with Crippen molar-refractivity contribution >= 4 is 5.78 Å². The first-order valence-electron chi connectivity index (χ1n) is 6.66. The highest BCUT2D eigenvalue weighted by Gasteiger charge is 2.36. The van der Waals surface area contributed by atoms with E-state index in [0.717, 1.165) is 18.7 Å². The van der Waals surface area contributed by atoms with Gasteiger partial charge in [-0.2, -0.15) is 5.10 Å². The molecule has 18 heavy (non-hydrogen) atoms. The Morgan fingerprint density at radius 3 is 2.83 bits per heavy atom. The van der Waals surface area contributed by atoms with Gasteiger partial charge in [-0.3, -0.25) is 4.79 Å². The Balaban J connectivity index is 2.03. The first kappa shape index (κ1) is 13.2. The van der Waals surface area contributed by atoms with E-state index in [4.69, 9.17) is 4.74 Å². The van der Waals surface area contributed by atoms with Gasteiger partial charge in [0, 0.05) is 12.6 Å². The fraction of sp³-hybridized carbons (Fsp3) is 0.769. The smallest absolute Gasteiger partial charge is 0.169 e. The summed E-state index contributed by atoms with van der Waals surface area (Å²) in [5.74, 6) is 1.29. The number of hydrogen-bond donors (Lipinski definition) is 0. The van der Waals surface area contributed by atoms with Crippen LogP contribution in [0.3, 0.4) is 0 Å². The summed E-state index contributed by atoms with van der Waals surface area (Å²) >= 11 is 0. The molecule has 0 aliphatic heterocycles. The van der Waals surface area contributed by atoms with Crippen LogP contribution in [0.5, 0.6) is 0 Å². The molecule has 1 fully saturated rings. The SMILES string of the molecule is CCOC(C(=O)Cc1ncnn1C(C)C)C1CC1. The largest absolute Gasteiger partial charge is 0.370 e. The van der Waals surface area contributed by atoms with Gasteiger partial charge in [0.05, 0.1) is 6.42 Å². The molecule has 5 nitrogen and oxygen atoms in total. The van der Waals surface area contributed by atoms with Crippen molar-refractivity contribution in [2.75, 3.05) is 6.61 Å². The van der Waals surface area contributed by atoms with Crippen LogP contribution in [0.4, 0.5) is 0 Å². The fourth-order valence-electron chi connectivity index (χ4n) is 2.16. The Morgan fingerprint density at radius 2 is 2.28 bits per heavy atom. The molecule has 0 spiro atoms. The Morgan fingerprint density at radius 1 is 1.56 bits per heavy atom. The van der Waals surface area contributed by atoms with Crippen LogP contribution in [0.1, 0.15) is 45.5 Å². The highest BCUT2D eigenvalue weighted by atomic mass is 16.5. The molecule has 1 unspecified atom stereocenters. The molecule has 1 atom stereocenters. The lowest BCUT2D eigenvalue weighted by molar-refractivity contribution is -0.131. The molecule has 1 aromatic heterocycles. The Labute approximate surface area is 108 Å². The van der Waals surface area contributed by atoms with E-state index >= 15 is 0 Å². The molecule has 5 heteroatoms. The van der Waals surface area contributed by atoms with Gasteiger partial charge >= 0.3 is 0 Å². The number of Topliss-reactive ketones (excluding diaryl/α,β-unsaturated/α-hetero) is 1. The van der Waals surface area contributed by atoms with Crippen LogP contribution in [0.15, 0.2) is 6.33 Å². The molecule has 1 heterocycles. The van der Waals surface area contributed by atoms with Gasteiger partial charge in [-0.25, -0.2) is 9.67 Å². The minimum atomic E-state index is -0.243. The Hall–Kier alpha value is -1.23. The lowest BCUT2D eigenvalue weighted by Gasteiger charge is -2.15. The van der Waals surface area contributed by atoms with Gasteiger partial charge < -0.3 is 4.74 Å². The van der Waals surface area contributed by atoms with Crippen molar-refractivity contribution in [3.63, 3.8) is 0 Å². The topological polar surface area (TPSA) is 57.0 Å². The van der Waals surface area contributed by atoms with Crippen molar-refractivity contribution in [1.29, 1.82) is 0 Å². The van der Waals surface area contributed by atoms with Crippen LogP contribution in [0.25, 0.3) is 0 Å². The monoisotopic (exact) mass is 251 g/mol. The zero-order valence-electron chi connectivity index (χ0n) is 11.3. The van der Waals surface area contributed by atoms with Gasteiger partial charge in [0.1, 0.15) is 18.3 Å². The van der Waals surface area contributed by atoms with Crippen LogP contribution in [-0.4, -0.2) is 33.3 Å². The Bertz CT molecular complexity index is 410. The van der Waals surface area contributed by atoms with E-state index in [9.17, 15) is 4.79 Å². The average Bonchev–Trinajstić information content (AvgIpc) is 3.05. The molecule has 100 valence electrons. The molecule has 0 amide bonds. The van der Waals surface area contributed by atoms with Crippen molar-refractivity contribution in [2.45, 2.75) is 52.2 Å². The van der Waals surface area contributed by atoms with Gasteiger partial charge in [0.15, 0.2) is 5.78 Å². The van der Waals surface area contributed by atoms with Crippen molar-refractivity contribution in [1.82, 2.24) is 14.8 Å². The number of ether oxygens (including phenoxy) is 1. The van der Waals surface area contributed by atoms with Crippen LogP contribution in [-0.2, 0) is 16.0 Å². The molecular weight excluding hydrogens is 230 g/mol. The normalized spacial score (nSPS) is 17.1. The van der Waals surface area contributed by atoms with Crippen molar-refractivity contribution in [3.05, 3.63) is 12.2 Å².